The molecule has 0 fully saturated rings. The van der Waals surface area contributed by atoms with Crippen molar-refractivity contribution in [2.75, 3.05) is 0 Å². The van der Waals surface area contributed by atoms with Gasteiger partial charge in [0.25, 0.3) is 0 Å². The molecule has 2 aromatic carbocycles. The average Bonchev–Trinajstić information content (AvgIpc) is 2.39. The largest absolute Gasteiger partial charge is 0.271 e. The van der Waals surface area contributed by atoms with Crippen LogP contribution in [0.15, 0.2) is 36.4 Å². The number of benzene rings is 2. The molecule has 0 spiro atoms. The van der Waals surface area contributed by atoms with Gasteiger partial charge in [0.1, 0.15) is 17.5 Å². The number of hydrogen-bond acceptors (Lipinski definition) is 2. The van der Waals surface area contributed by atoms with Crippen LogP contribution in [0.25, 0.3) is 0 Å². The Balaban J connectivity index is 2.31. The lowest BCUT2D eigenvalue weighted by Crippen LogP contribution is -2.29. The number of halogens is 4. The van der Waals surface area contributed by atoms with Gasteiger partial charge in [0.15, 0.2) is 0 Å². The lowest BCUT2D eigenvalue weighted by molar-refractivity contribution is 0.528. The SMILES string of the molecule is NNC(Cc1cccc(F)c1Cl)c1cc(F)cc(F)c1. The van der Waals surface area contributed by atoms with E-state index in [1.54, 1.807) is 6.07 Å². The van der Waals surface area contributed by atoms with Crippen molar-refractivity contribution >= 4 is 11.6 Å². The van der Waals surface area contributed by atoms with Crippen molar-refractivity contribution in [2.45, 2.75) is 12.5 Å². The maximum atomic E-state index is 13.4. The Morgan fingerprint density at radius 3 is 2.35 bits per heavy atom. The second-order valence-corrected chi connectivity index (χ2v) is 4.72. The molecule has 0 bridgehead atoms. The van der Waals surface area contributed by atoms with Gasteiger partial charge in [-0.2, -0.15) is 0 Å². The Morgan fingerprint density at radius 2 is 1.75 bits per heavy atom. The summed E-state index contributed by atoms with van der Waals surface area (Å²) < 4.78 is 39.8. The molecule has 0 radical (unpaired) electrons. The topological polar surface area (TPSA) is 38.0 Å². The smallest absolute Gasteiger partial charge is 0.142 e. The van der Waals surface area contributed by atoms with Gasteiger partial charge in [-0.15, -0.1) is 0 Å². The highest BCUT2D eigenvalue weighted by Crippen LogP contribution is 2.26. The van der Waals surface area contributed by atoms with E-state index in [9.17, 15) is 13.2 Å². The molecule has 106 valence electrons. The van der Waals surface area contributed by atoms with Crippen molar-refractivity contribution in [3.63, 3.8) is 0 Å². The summed E-state index contributed by atoms with van der Waals surface area (Å²) in [5, 5.41) is -0.0235. The van der Waals surface area contributed by atoms with Gasteiger partial charge in [0.05, 0.1) is 11.1 Å². The second kappa shape index (κ2) is 6.26. The van der Waals surface area contributed by atoms with E-state index in [0.29, 0.717) is 11.1 Å². The number of hydrogen-bond donors (Lipinski definition) is 2. The number of hydrazine groups is 1. The highest BCUT2D eigenvalue weighted by molar-refractivity contribution is 6.31. The van der Waals surface area contributed by atoms with E-state index in [0.717, 1.165) is 6.07 Å². The van der Waals surface area contributed by atoms with E-state index < -0.39 is 23.5 Å². The summed E-state index contributed by atoms with van der Waals surface area (Å²) in [7, 11) is 0. The Labute approximate surface area is 119 Å². The minimum atomic E-state index is -0.703. The predicted octanol–water partition coefficient (Wildman–Crippen LogP) is 3.50. The van der Waals surface area contributed by atoms with E-state index >= 15 is 0 Å². The minimum absolute atomic E-state index is 0.0235. The molecule has 0 amide bonds. The van der Waals surface area contributed by atoms with E-state index in [-0.39, 0.29) is 11.4 Å². The lowest BCUT2D eigenvalue weighted by atomic mass is 9.99. The average molecular weight is 301 g/mol. The zero-order chi connectivity index (χ0) is 14.7. The van der Waals surface area contributed by atoms with Gasteiger partial charge in [-0.05, 0) is 35.7 Å². The Bertz CT molecular complexity index is 599. The van der Waals surface area contributed by atoms with E-state index in [1.165, 1.54) is 24.3 Å². The summed E-state index contributed by atoms with van der Waals surface area (Å²) in [6.45, 7) is 0. The van der Waals surface area contributed by atoms with Crippen LogP contribution in [0.1, 0.15) is 17.2 Å². The summed E-state index contributed by atoms with van der Waals surface area (Å²) in [6.07, 6.45) is 0.204. The van der Waals surface area contributed by atoms with Gasteiger partial charge in [-0.3, -0.25) is 11.3 Å². The first-order valence-electron chi connectivity index (χ1n) is 5.86. The third-order valence-electron chi connectivity index (χ3n) is 2.94. The molecular formula is C14H12ClF3N2. The summed E-state index contributed by atoms with van der Waals surface area (Å²) in [6, 6.07) is 6.90. The summed E-state index contributed by atoms with van der Waals surface area (Å²) >= 11 is 5.85. The molecule has 0 aliphatic carbocycles. The van der Waals surface area contributed by atoms with E-state index in [2.05, 4.69) is 5.43 Å². The molecule has 2 nitrogen and oxygen atoms in total. The molecule has 0 aliphatic rings. The van der Waals surface area contributed by atoms with E-state index in [4.69, 9.17) is 17.4 Å². The van der Waals surface area contributed by atoms with Crippen molar-refractivity contribution < 1.29 is 13.2 Å². The van der Waals surface area contributed by atoms with Gasteiger partial charge >= 0.3 is 0 Å². The first-order chi connectivity index (χ1) is 9.51. The first-order valence-corrected chi connectivity index (χ1v) is 6.24. The van der Waals surface area contributed by atoms with Crippen molar-refractivity contribution in [1.29, 1.82) is 0 Å². The molecule has 1 atom stereocenters. The molecule has 0 aromatic heterocycles. The van der Waals surface area contributed by atoms with Gasteiger partial charge in [-0.1, -0.05) is 23.7 Å². The van der Waals surface area contributed by atoms with Crippen LogP contribution in [0.2, 0.25) is 5.02 Å². The standard InChI is InChI=1S/C14H12ClF3N2/c15-14-8(2-1-3-12(14)18)6-13(20-19)9-4-10(16)7-11(17)5-9/h1-5,7,13,20H,6,19H2. The normalized spacial score (nSPS) is 12.4. The summed E-state index contributed by atoms with van der Waals surface area (Å²) in [4.78, 5) is 0. The Morgan fingerprint density at radius 1 is 1.10 bits per heavy atom. The van der Waals surface area contributed by atoms with Crippen LogP contribution in [0.5, 0.6) is 0 Å². The maximum Gasteiger partial charge on any atom is 0.142 e. The molecule has 2 aromatic rings. The quantitative estimate of drug-likeness (QED) is 0.670. The summed E-state index contributed by atoms with van der Waals surface area (Å²) in [5.41, 5.74) is 3.28. The van der Waals surface area contributed by atoms with Crippen LogP contribution in [0.3, 0.4) is 0 Å². The monoisotopic (exact) mass is 300 g/mol. The highest BCUT2D eigenvalue weighted by Gasteiger charge is 2.16. The molecule has 0 saturated heterocycles. The minimum Gasteiger partial charge on any atom is -0.271 e. The van der Waals surface area contributed by atoms with Gasteiger partial charge < -0.3 is 0 Å². The fourth-order valence-corrected chi connectivity index (χ4v) is 2.18. The van der Waals surface area contributed by atoms with Crippen LogP contribution < -0.4 is 11.3 Å². The van der Waals surface area contributed by atoms with Crippen molar-refractivity contribution in [1.82, 2.24) is 5.43 Å². The van der Waals surface area contributed by atoms with Crippen LogP contribution >= 0.6 is 11.6 Å². The van der Waals surface area contributed by atoms with Crippen molar-refractivity contribution in [2.24, 2.45) is 5.84 Å². The molecule has 2 rings (SSSR count). The molecule has 0 saturated carbocycles. The van der Waals surface area contributed by atoms with Crippen LogP contribution in [0.4, 0.5) is 13.2 Å². The molecule has 20 heavy (non-hydrogen) atoms. The van der Waals surface area contributed by atoms with Crippen LogP contribution in [-0.4, -0.2) is 0 Å². The number of nitrogens with two attached hydrogens (primary N) is 1. The maximum absolute atomic E-state index is 13.4. The number of rotatable bonds is 4. The zero-order valence-corrected chi connectivity index (χ0v) is 11.1. The van der Waals surface area contributed by atoms with Crippen LogP contribution in [0, 0.1) is 17.5 Å². The van der Waals surface area contributed by atoms with Crippen molar-refractivity contribution in [3.05, 3.63) is 70.0 Å². The number of nitrogens with one attached hydrogen (secondary N) is 1. The third-order valence-corrected chi connectivity index (χ3v) is 3.37. The Kier molecular flexibility index (Phi) is 4.65. The fraction of sp³-hybridized carbons (Fsp3) is 0.143. The van der Waals surface area contributed by atoms with Crippen LogP contribution in [-0.2, 0) is 6.42 Å². The lowest BCUT2D eigenvalue weighted by Gasteiger charge is -2.17. The summed E-state index contributed by atoms with van der Waals surface area (Å²) in [5.74, 6) is 3.45. The third kappa shape index (κ3) is 3.30. The molecule has 0 aliphatic heterocycles. The fourth-order valence-electron chi connectivity index (χ4n) is 1.98. The predicted molar refractivity (Wildman–Crippen MR) is 71.5 cm³/mol. The van der Waals surface area contributed by atoms with E-state index in [1.807, 2.05) is 0 Å². The van der Waals surface area contributed by atoms with Gasteiger partial charge in [0.2, 0.25) is 0 Å². The Hall–Kier alpha value is -1.56. The molecule has 1 unspecified atom stereocenters. The van der Waals surface area contributed by atoms with Gasteiger partial charge in [-0.25, -0.2) is 13.2 Å². The molecular weight excluding hydrogens is 289 g/mol. The molecule has 0 heterocycles. The molecule has 6 heteroatoms. The second-order valence-electron chi connectivity index (χ2n) is 4.34. The first kappa shape index (κ1) is 14.8. The zero-order valence-electron chi connectivity index (χ0n) is 10.3. The highest BCUT2D eigenvalue weighted by atomic mass is 35.5. The molecule has 3 N–H and O–H groups in total. The van der Waals surface area contributed by atoms with Crippen molar-refractivity contribution in [3.8, 4) is 0 Å². The van der Waals surface area contributed by atoms with Gasteiger partial charge in [0, 0.05) is 6.07 Å².